The minimum absolute atomic E-state index is 0.278. The highest BCUT2D eigenvalue weighted by Gasteiger charge is 2.10. The van der Waals surface area contributed by atoms with E-state index in [0.29, 0.717) is 19.1 Å². The number of benzene rings is 1. The molecule has 1 aromatic carbocycles. The van der Waals surface area contributed by atoms with Crippen LogP contribution in [0.5, 0.6) is 5.75 Å². The van der Waals surface area contributed by atoms with Crippen LogP contribution in [-0.2, 0) is 4.79 Å². The average Bonchev–Trinajstić information content (AvgIpc) is 2.27. The van der Waals surface area contributed by atoms with Crippen molar-refractivity contribution in [2.75, 3.05) is 26.2 Å². The predicted octanol–water partition coefficient (Wildman–Crippen LogP) is 2.27. The molecule has 1 amide bonds. The zero-order valence-electron chi connectivity index (χ0n) is 11.4. The van der Waals surface area contributed by atoms with Crippen LogP contribution < -0.4 is 10.5 Å². The third kappa shape index (κ3) is 7.18. The molecule has 0 aliphatic carbocycles. The molecule has 0 bridgehead atoms. The average molecular weight is 329 g/mol. The van der Waals surface area contributed by atoms with E-state index in [4.69, 9.17) is 10.5 Å². The summed E-state index contributed by atoms with van der Waals surface area (Å²) in [6.45, 7) is 6.57. The fourth-order valence-corrected chi connectivity index (χ4v) is 2.20. The number of hydrogen-bond donors (Lipinski definition) is 1. The molecule has 0 spiro atoms. The Kier molecular flexibility index (Phi) is 6.87. The van der Waals surface area contributed by atoms with Gasteiger partial charge in [0.25, 0.3) is 0 Å². The standard InChI is InChI=1S/C14H21BrN2O2/c1-11(2)9-17(10-14(16)18)6-7-19-13-5-3-4-12(15)8-13/h3-5,8,11H,6-7,9-10H2,1-2H3,(H2,16,18). The highest BCUT2D eigenvalue weighted by Crippen LogP contribution is 2.17. The molecule has 0 saturated heterocycles. The van der Waals surface area contributed by atoms with Crippen molar-refractivity contribution in [3.8, 4) is 5.75 Å². The van der Waals surface area contributed by atoms with Crippen molar-refractivity contribution in [1.82, 2.24) is 4.90 Å². The number of nitrogens with two attached hydrogens (primary N) is 1. The molecule has 0 atom stereocenters. The van der Waals surface area contributed by atoms with Crippen LogP contribution in [0.3, 0.4) is 0 Å². The first-order chi connectivity index (χ1) is 8.97. The summed E-state index contributed by atoms with van der Waals surface area (Å²) in [7, 11) is 0. The molecule has 1 aromatic rings. The minimum atomic E-state index is -0.303. The Morgan fingerprint density at radius 2 is 2.21 bits per heavy atom. The Morgan fingerprint density at radius 3 is 2.79 bits per heavy atom. The van der Waals surface area contributed by atoms with Crippen LogP contribution in [-0.4, -0.2) is 37.0 Å². The molecule has 5 heteroatoms. The number of nitrogens with zero attached hydrogens (tertiary/aromatic N) is 1. The Labute approximate surface area is 123 Å². The quantitative estimate of drug-likeness (QED) is 0.796. The zero-order chi connectivity index (χ0) is 14.3. The first kappa shape index (κ1) is 16.0. The van der Waals surface area contributed by atoms with Gasteiger partial charge < -0.3 is 10.5 Å². The van der Waals surface area contributed by atoms with Gasteiger partial charge in [-0.2, -0.15) is 0 Å². The second-order valence-corrected chi connectivity index (χ2v) is 5.82. The lowest BCUT2D eigenvalue weighted by molar-refractivity contribution is -0.119. The second-order valence-electron chi connectivity index (χ2n) is 4.90. The lowest BCUT2D eigenvalue weighted by atomic mass is 10.2. The number of carbonyl (C=O) groups excluding carboxylic acids is 1. The van der Waals surface area contributed by atoms with E-state index >= 15 is 0 Å². The molecule has 106 valence electrons. The van der Waals surface area contributed by atoms with Crippen molar-refractivity contribution in [1.29, 1.82) is 0 Å². The van der Waals surface area contributed by atoms with Gasteiger partial charge in [0.05, 0.1) is 6.54 Å². The molecule has 0 aromatic heterocycles. The van der Waals surface area contributed by atoms with E-state index in [1.54, 1.807) is 0 Å². The fourth-order valence-electron chi connectivity index (χ4n) is 1.82. The molecule has 0 aliphatic rings. The van der Waals surface area contributed by atoms with E-state index in [9.17, 15) is 4.79 Å². The van der Waals surface area contributed by atoms with Gasteiger partial charge in [0.2, 0.25) is 5.91 Å². The topological polar surface area (TPSA) is 55.6 Å². The number of ether oxygens (including phenoxy) is 1. The van der Waals surface area contributed by atoms with E-state index in [2.05, 4.69) is 29.8 Å². The molecule has 2 N–H and O–H groups in total. The summed E-state index contributed by atoms with van der Waals surface area (Å²) in [4.78, 5) is 13.0. The molecule has 19 heavy (non-hydrogen) atoms. The van der Waals surface area contributed by atoms with Crippen molar-refractivity contribution < 1.29 is 9.53 Å². The van der Waals surface area contributed by atoms with Crippen LogP contribution in [0.25, 0.3) is 0 Å². The molecular formula is C14H21BrN2O2. The largest absolute Gasteiger partial charge is 0.492 e. The Hall–Kier alpha value is -1.07. The number of amides is 1. The normalized spacial score (nSPS) is 11.0. The Morgan fingerprint density at radius 1 is 1.47 bits per heavy atom. The van der Waals surface area contributed by atoms with Crippen LogP contribution in [0.1, 0.15) is 13.8 Å². The Bertz CT molecular complexity index is 410. The summed E-state index contributed by atoms with van der Waals surface area (Å²) in [5, 5.41) is 0. The number of primary amides is 1. The first-order valence-electron chi connectivity index (χ1n) is 6.36. The van der Waals surface area contributed by atoms with Gasteiger partial charge in [-0.1, -0.05) is 35.8 Å². The third-order valence-electron chi connectivity index (χ3n) is 2.48. The molecule has 4 nitrogen and oxygen atoms in total. The van der Waals surface area contributed by atoms with Crippen LogP contribution in [0.15, 0.2) is 28.7 Å². The van der Waals surface area contributed by atoms with E-state index in [1.807, 2.05) is 29.2 Å². The van der Waals surface area contributed by atoms with Crippen LogP contribution in [0, 0.1) is 5.92 Å². The molecule has 0 unspecified atom stereocenters. The van der Waals surface area contributed by atoms with Crippen molar-refractivity contribution in [3.05, 3.63) is 28.7 Å². The predicted molar refractivity (Wildman–Crippen MR) is 80.1 cm³/mol. The number of rotatable bonds is 8. The highest BCUT2D eigenvalue weighted by atomic mass is 79.9. The molecule has 0 fully saturated rings. The van der Waals surface area contributed by atoms with Crippen LogP contribution in [0.2, 0.25) is 0 Å². The number of hydrogen-bond acceptors (Lipinski definition) is 3. The van der Waals surface area contributed by atoms with E-state index < -0.39 is 0 Å². The van der Waals surface area contributed by atoms with E-state index in [-0.39, 0.29) is 12.5 Å². The monoisotopic (exact) mass is 328 g/mol. The fraction of sp³-hybridized carbons (Fsp3) is 0.500. The molecule has 1 rings (SSSR count). The molecule has 0 heterocycles. The summed E-state index contributed by atoms with van der Waals surface area (Å²) in [5.74, 6) is 1.01. The van der Waals surface area contributed by atoms with E-state index in [1.165, 1.54) is 0 Å². The maximum Gasteiger partial charge on any atom is 0.231 e. The van der Waals surface area contributed by atoms with Gasteiger partial charge in [-0.3, -0.25) is 9.69 Å². The van der Waals surface area contributed by atoms with Gasteiger partial charge in [-0.15, -0.1) is 0 Å². The molecule has 0 radical (unpaired) electrons. The summed E-state index contributed by atoms with van der Waals surface area (Å²) in [5.41, 5.74) is 5.24. The third-order valence-corrected chi connectivity index (χ3v) is 2.97. The van der Waals surface area contributed by atoms with Crippen molar-refractivity contribution in [2.24, 2.45) is 11.7 Å². The maximum absolute atomic E-state index is 11.0. The second kappa shape index (κ2) is 8.17. The van der Waals surface area contributed by atoms with Gasteiger partial charge in [-0.05, 0) is 24.1 Å². The maximum atomic E-state index is 11.0. The van der Waals surface area contributed by atoms with Crippen molar-refractivity contribution in [2.45, 2.75) is 13.8 Å². The number of carbonyl (C=O) groups is 1. The van der Waals surface area contributed by atoms with Gasteiger partial charge >= 0.3 is 0 Å². The smallest absolute Gasteiger partial charge is 0.231 e. The summed E-state index contributed by atoms with van der Waals surface area (Å²) < 4.78 is 6.64. The van der Waals surface area contributed by atoms with E-state index in [0.717, 1.165) is 16.8 Å². The lowest BCUT2D eigenvalue weighted by Gasteiger charge is -2.22. The van der Waals surface area contributed by atoms with Crippen LogP contribution in [0.4, 0.5) is 0 Å². The van der Waals surface area contributed by atoms with Gasteiger partial charge in [0.1, 0.15) is 12.4 Å². The molecule has 0 aliphatic heterocycles. The zero-order valence-corrected chi connectivity index (χ0v) is 13.0. The summed E-state index contributed by atoms with van der Waals surface area (Å²) in [6.07, 6.45) is 0. The van der Waals surface area contributed by atoms with Gasteiger partial charge in [0, 0.05) is 17.6 Å². The van der Waals surface area contributed by atoms with Gasteiger partial charge in [-0.25, -0.2) is 0 Å². The minimum Gasteiger partial charge on any atom is -0.492 e. The SMILES string of the molecule is CC(C)CN(CCOc1cccc(Br)c1)CC(N)=O. The lowest BCUT2D eigenvalue weighted by Crippen LogP contribution is -2.38. The molecular weight excluding hydrogens is 308 g/mol. The number of halogens is 1. The summed E-state index contributed by atoms with van der Waals surface area (Å²) >= 11 is 3.40. The van der Waals surface area contributed by atoms with Crippen molar-refractivity contribution in [3.63, 3.8) is 0 Å². The van der Waals surface area contributed by atoms with Crippen LogP contribution >= 0.6 is 15.9 Å². The first-order valence-corrected chi connectivity index (χ1v) is 7.15. The summed E-state index contributed by atoms with van der Waals surface area (Å²) in [6, 6.07) is 7.70. The Balaban J connectivity index is 2.40. The molecule has 0 saturated carbocycles. The van der Waals surface area contributed by atoms with Crippen molar-refractivity contribution >= 4 is 21.8 Å². The highest BCUT2D eigenvalue weighted by molar-refractivity contribution is 9.10. The van der Waals surface area contributed by atoms with Gasteiger partial charge in [0.15, 0.2) is 0 Å².